The first kappa shape index (κ1) is 21.8. The Labute approximate surface area is 182 Å². The largest absolute Gasteiger partial charge is 0.445 e. The lowest BCUT2D eigenvalue weighted by Gasteiger charge is -2.29. The van der Waals surface area contributed by atoms with Crippen LogP contribution >= 0.6 is 12.2 Å². The molecule has 0 bridgehead atoms. The van der Waals surface area contributed by atoms with Crippen LogP contribution < -0.4 is 16.0 Å². The minimum atomic E-state index is -0.370. The molecule has 7 heteroatoms. The Hall–Kier alpha value is -2.93. The van der Waals surface area contributed by atoms with Crippen LogP contribution in [0.4, 0.5) is 4.79 Å². The predicted octanol–water partition coefficient (Wildman–Crippen LogP) is 3.78. The van der Waals surface area contributed by atoms with E-state index in [1.165, 1.54) is 0 Å². The highest BCUT2D eigenvalue weighted by atomic mass is 32.1. The maximum atomic E-state index is 12.1. The molecule has 3 rings (SSSR count). The van der Waals surface area contributed by atoms with Crippen LogP contribution in [0.2, 0.25) is 0 Å². The third-order valence-electron chi connectivity index (χ3n) is 5.20. The Morgan fingerprint density at radius 2 is 1.57 bits per heavy atom. The number of hydrogen-bond acceptors (Lipinski definition) is 4. The molecule has 2 amide bonds. The first-order valence-electron chi connectivity index (χ1n) is 10.2. The summed E-state index contributed by atoms with van der Waals surface area (Å²) in [6.07, 6.45) is 3.38. The lowest BCUT2D eigenvalue weighted by molar-refractivity contribution is 0.0976. The number of alkyl carbamates (subject to hydrolysis) is 1. The average Bonchev–Trinajstić information content (AvgIpc) is 2.78. The zero-order valence-electron chi connectivity index (χ0n) is 16.8. The zero-order valence-corrected chi connectivity index (χ0v) is 17.6. The second-order valence-corrected chi connectivity index (χ2v) is 7.86. The van der Waals surface area contributed by atoms with Gasteiger partial charge in [-0.2, -0.15) is 0 Å². The van der Waals surface area contributed by atoms with Crippen LogP contribution in [-0.4, -0.2) is 29.7 Å². The first-order chi connectivity index (χ1) is 14.6. The molecule has 0 spiro atoms. The van der Waals surface area contributed by atoms with Crippen LogP contribution in [0.1, 0.15) is 41.6 Å². The molecule has 0 saturated heterocycles. The van der Waals surface area contributed by atoms with Gasteiger partial charge in [-0.05, 0) is 61.5 Å². The van der Waals surface area contributed by atoms with Gasteiger partial charge in [-0.15, -0.1) is 0 Å². The Morgan fingerprint density at radius 1 is 0.933 bits per heavy atom. The molecule has 0 radical (unpaired) electrons. The van der Waals surface area contributed by atoms with Crippen LogP contribution in [0.3, 0.4) is 0 Å². The van der Waals surface area contributed by atoms with E-state index in [1.54, 1.807) is 12.1 Å². The Kier molecular flexibility index (Phi) is 8.20. The highest BCUT2D eigenvalue weighted by Gasteiger charge is 2.23. The molecule has 0 aliphatic heterocycles. The summed E-state index contributed by atoms with van der Waals surface area (Å²) < 4.78 is 5.29. The van der Waals surface area contributed by atoms with Crippen molar-refractivity contribution in [1.29, 1.82) is 0 Å². The molecule has 0 heterocycles. The third-order valence-corrected chi connectivity index (χ3v) is 5.44. The summed E-state index contributed by atoms with van der Waals surface area (Å²) in [5.74, 6) is 0.241. The van der Waals surface area contributed by atoms with Crippen molar-refractivity contribution >= 4 is 29.3 Å². The van der Waals surface area contributed by atoms with Crippen molar-refractivity contribution < 1.29 is 14.3 Å². The van der Waals surface area contributed by atoms with Crippen molar-refractivity contribution in [3.63, 3.8) is 0 Å². The van der Waals surface area contributed by atoms with Gasteiger partial charge < -0.3 is 15.4 Å². The van der Waals surface area contributed by atoms with Crippen LogP contribution in [-0.2, 0) is 11.3 Å². The van der Waals surface area contributed by atoms with Gasteiger partial charge in [0, 0.05) is 18.2 Å². The zero-order chi connectivity index (χ0) is 21.2. The van der Waals surface area contributed by atoms with E-state index in [-0.39, 0.29) is 24.6 Å². The van der Waals surface area contributed by atoms with Crippen molar-refractivity contribution in [2.24, 2.45) is 5.92 Å². The minimum Gasteiger partial charge on any atom is -0.445 e. The summed E-state index contributed by atoms with van der Waals surface area (Å²) in [5, 5.41) is 9.14. The lowest BCUT2D eigenvalue weighted by atomic mass is 9.86. The molecule has 1 fully saturated rings. The molecule has 0 atom stereocenters. The average molecular weight is 426 g/mol. The van der Waals surface area contributed by atoms with Gasteiger partial charge in [-0.25, -0.2) is 4.79 Å². The second kappa shape index (κ2) is 11.3. The van der Waals surface area contributed by atoms with E-state index in [0.29, 0.717) is 23.1 Å². The molecule has 30 heavy (non-hydrogen) atoms. The number of rotatable bonds is 6. The van der Waals surface area contributed by atoms with Gasteiger partial charge in [0.15, 0.2) is 5.11 Å². The molecule has 0 aromatic heterocycles. The molecule has 2 aromatic carbocycles. The third kappa shape index (κ3) is 7.15. The van der Waals surface area contributed by atoms with E-state index in [2.05, 4.69) is 16.0 Å². The van der Waals surface area contributed by atoms with Crippen LogP contribution in [0.25, 0.3) is 0 Å². The first-order valence-corrected chi connectivity index (χ1v) is 10.6. The van der Waals surface area contributed by atoms with E-state index in [0.717, 1.165) is 31.2 Å². The Morgan fingerprint density at radius 3 is 2.23 bits per heavy atom. The van der Waals surface area contributed by atoms with E-state index >= 15 is 0 Å². The number of amides is 2. The van der Waals surface area contributed by atoms with Crippen molar-refractivity contribution in [2.75, 3.05) is 6.54 Å². The fraction of sp³-hybridized carbons (Fsp3) is 0.348. The SMILES string of the molecule is O=C(NC1CCC(CNC(=S)NC(=O)c2ccccc2)CC1)OCc1ccccc1. The van der Waals surface area contributed by atoms with Gasteiger partial charge in [0.25, 0.3) is 5.91 Å². The van der Waals surface area contributed by atoms with Gasteiger partial charge in [0.2, 0.25) is 0 Å². The summed E-state index contributed by atoms with van der Waals surface area (Å²) in [7, 11) is 0. The van der Waals surface area contributed by atoms with E-state index in [1.807, 2.05) is 48.5 Å². The summed E-state index contributed by atoms with van der Waals surface area (Å²) in [5.41, 5.74) is 1.55. The molecule has 1 aliphatic carbocycles. The van der Waals surface area contributed by atoms with Crippen molar-refractivity contribution in [2.45, 2.75) is 38.3 Å². The van der Waals surface area contributed by atoms with Crippen molar-refractivity contribution in [3.05, 3.63) is 71.8 Å². The van der Waals surface area contributed by atoms with E-state index in [9.17, 15) is 9.59 Å². The summed E-state index contributed by atoms with van der Waals surface area (Å²) >= 11 is 5.23. The van der Waals surface area contributed by atoms with E-state index in [4.69, 9.17) is 17.0 Å². The summed E-state index contributed by atoms with van der Waals surface area (Å²) in [4.78, 5) is 24.1. The maximum Gasteiger partial charge on any atom is 0.407 e. The highest BCUT2D eigenvalue weighted by Crippen LogP contribution is 2.23. The number of carbonyl (C=O) groups is 2. The van der Waals surface area contributed by atoms with Crippen molar-refractivity contribution in [3.8, 4) is 0 Å². The number of nitrogens with one attached hydrogen (secondary N) is 3. The van der Waals surface area contributed by atoms with Crippen molar-refractivity contribution in [1.82, 2.24) is 16.0 Å². The topological polar surface area (TPSA) is 79.5 Å². The van der Waals surface area contributed by atoms with Crippen LogP contribution in [0.15, 0.2) is 60.7 Å². The summed E-state index contributed by atoms with van der Waals surface area (Å²) in [6.45, 7) is 0.983. The molecule has 1 aliphatic rings. The molecular formula is C23H27N3O3S. The van der Waals surface area contributed by atoms with Crippen LogP contribution in [0.5, 0.6) is 0 Å². The molecule has 3 N–H and O–H groups in total. The van der Waals surface area contributed by atoms with E-state index < -0.39 is 0 Å². The smallest absolute Gasteiger partial charge is 0.407 e. The minimum absolute atomic E-state index is 0.134. The number of hydrogen-bond donors (Lipinski definition) is 3. The monoisotopic (exact) mass is 425 g/mol. The molecule has 2 aromatic rings. The molecule has 1 saturated carbocycles. The molecule has 158 valence electrons. The Bertz CT molecular complexity index is 837. The van der Waals surface area contributed by atoms with Gasteiger partial charge in [-0.3, -0.25) is 10.1 Å². The predicted molar refractivity (Wildman–Crippen MR) is 120 cm³/mol. The van der Waals surface area contributed by atoms with Gasteiger partial charge >= 0.3 is 6.09 Å². The van der Waals surface area contributed by atoms with Crippen LogP contribution in [0, 0.1) is 5.92 Å². The number of ether oxygens (including phenoxy) is 1. The van der Waals surface area contributed by atoms with Gasteiger partial charge in [-0.1, -0.05) is 48.5 Å². The Balaban J connectivity index is 1.30. The number of thiocarbonyl (C=S) groups is 1. The lowest BCUT2D eigenvalue weighted by Crippen LogP contribution is -2.43. The molecular weight excluding hydrogens is 398 g/mol. The standard InChI is InChI=1S/C23H27N3O3S/c27-21(19-9-5-2-6-10-19)26-22(30)24-15-17-11-13-20(14-12-17)25-23(28)29-16-18-7-3-1-4-8-18/h1-10,17,20H,11-16H2,(H,25,28)(H2,24,26,27,30). The number of benzene rings is 2. The maximum absolute atomic E-state index is 12.1. The molecule has 6 nitrogen and oxygen atoms in total. The fourth-order valence-corrected chi connectivity index (χ4v) is 3.66. The fourth-order valence-electron chi connectivity index (χ4n) is 3.49. The summed E-state index contributed by atoms with van der Waals surface area (Å²) in [6, 6.07) is 18.8. The van der Waals surface area contributed by atoms with Gasteiger partial charge in [0.05, 0.1) is 0 Å². The normalized spacial score (nSPS) is 18.1. The van der Waals surface area contributed by atoms with Gasteiger partial charge in [0.1, 0.15) is 6.61 Å². The number of carbonyl (C=O) groups excluding carboxylic acids is 2. The second-order valence-electron chi connectivity index (χ2n) is 7.45. The molecule has 0 unspecified atom stereocenters. The highest BCUT2D eigenvalue weighted by molar-refractivity contribution is 7.80. The quantitative estimate of drug-likeness (QED) is 0.614.